The minimum absolute atomic E-state index is 0.131. The zero-order valence-corrected chi connectivity index (χ0v) is 20.2. The predicted molar refractivity (Wildman–Crippen MR) is 134 cm³/mol. The molecule has 2 saturated carbocycles. The van der Waals surface area contributed by atoms with Crippen molar-refractivity contribution in [1.29, 1.82) is 0 Å². The number of nitrogens with zero attached hydrogens (tertiary/aromatic N) is 3. The van der Waals surface area contributed by atoms with Gasteiger partial charge >= 0.3 is 23.8 Å². The van der Waals surface area contributed by atoms with Gasteiger partial charge in [-0.1, -0.05) is 23.3 Å². The van der Waals surface area contributed by atoms with E-state index in [1.54, 1.807) is 6.20 Å². The molecule has 0 bridgehead atoms. The number of rotatable bonds is 7. The summed E-state index contributed by atoms with van der Waals surface area (Å²) in [6.45, 7) is 0. The van der Waals surface area contributed by atoms with E-state index in [0.717, 1.165) is 49.9 Å². The van der Waals surface area contributed by atoms with Gasteiger partial charge in [-0.05, 0) is 87.0 Å². The summed E-state index contributed by atoms with van der Waals surface area (Å²) in [6, 6.07) is 13.4. The summed E-state index contributed by atoms with van der Waals surface area (Å²) in [4.78, 5) is 28.2. The molecule has 188 valence electrons. The standard InChI is InChI=1S/C27H31N5O4/c33-23(34)16-18-8-12-27(13-9-18)14-10-19(11-15-27)22-7-6-21(17-28-22)29-24(35)25-31-32-26(36-25)30-20-4-2-1-3-5-20/h1-7,17-19H,8-16H2,(H,29,35)(H,30,32)(H,33,34). The van der Waals surface area contributed by atoms with Crippen LogP contribution in [0.5, 0.6) is 0 Å². The van der Waals surface area contributed by atoms with Crippen LogP contribution in [0, 0.1) is 11.3 Å². The molecule has 0 aliphatic heterocycles. The van der Waals surface area contributed by atoms with Gasteiger partial charge in [0.25, 0.3) is 0 Å². The Morgan fingerprint density at radius 3 is 2.33 bits per heavy atom. The number of nitrogens with one attached hydrogen (secondary N) is 2. The SMILES string of the molecule is O=C(O)CC1CCC2(CC1)CCC(c1ccc(NC(=O)c3nnc(Nc4ccccc4)o3)cn1)CC2. The quantitative estimate of drug-likeness (QED) is 0.381. The topological polar surface area (TPSA) is 130 Å². The van der Waals surface area contributed by atoms with Crippen LogP contribution < -0.4 is 10.6 Å². The monoisotopic (exact) mass is 489 g/mol. The Balaban J connectivity index is 1.11. The fourth-order valence-electron chi connectivity index (χ4n) is 5.68. The number of hydrogen-bond donors (Lipinski definition) is 3. The zero-order valence-electron chi connectivity index (χ0n) is 20.2. The highest BCUT2D eigenvalue weighted by atomic mass is 16.4. The van der Waals surface area contributed by atoms with Gasteiger partial charge in [0, 0.05) is 23.7 Å². The van der Waals surface area contributed by atoms with E-state index in [4.69, 9.17) is 9.52 Å². The van der Waals surface area contributed by atoms with Crippen LogP contribution in [0.3, 0.4) is 0 Å². The second kappa shape index (κ2) is 10.5. The van der Waals surface area contributed by atoms with Gasteiger partial charge in [0.15, 0.2) is 0 Å². The maximum Gasteiger partial charge on any atom is 0.320 e. The number of carboxylic acids is 1. The molecule has 2 aromatic heterocycles. The van der Waals surface area contributed by atoms with Crippen molar-refractivity contribution in [3.8, 4) is 0 Å². The van der Waals surface area contributed by atoms with Crippen molar-refractivity contribution >= 4 is 29.3 Å². The molecule has 36 heavy (non-hydrogen) atoms. The third-order valence-corrected chi connectivity index (χ3v) is 7.78. The van der Waals surface area contributed by atoms with E-state index in [0.29, 0.717) is 29.4 Å². The summed E-state index contributed by atoms with van der Waals surface area (Å²) in [5, 5.41) is 22.5. The minimum atomic E-state index is -0.674. The lowest BCUT2D eigenvalue weighted by Crippen LogP contribution is -2.32. The largest absolute Gasteiger partial charge is 0.481 e. The normalized spacial score (nSPS) is 23.8. The van der Waals surface area contributed by atoms with Gasteiger partial charge in [-0.3, -0.25) is 14.6 Å². The molecule has 0 radical (unpaired) electrons. The first-order valence-corrected chi connectivity index (χ1v) is 12.6. The van der Waals surface area contributed by atoms with Gasteiger partial charge in [-0.2, -0.15) is 0 Å². The third kappa shape index (κ3) is 5.72. The van der Waals surface area contributed by atoms with E-state index in [9.17, 15) is 9.59 Å². The number of aromatic nitrogens is 3. The molecule has 9 heteroatoms. The Kier molecular flexibility index (Phi) is 6.97. The van der Waals surface area contributed by atoms with E-state index in [1.165, 1.54) is 12.8 Å². The van der Waals surface area contributed by atoms with Crippen molar-refractivity contribution in [1.82, 2.24) is 15.2 Å². The lowest BCUT2D eigenvalue weighted by molar-refractivity contribution is -0.138. The second-order valence-electron chi connectivity index (χ2n) is 10.1. The van der Waals surface area contributed by atoms with E-state index >= 15 is 0 Å². The Bertz CT molecular complexity index is 1180. The fraction of sp³-hybridized carbons (Fsp3) is 0.444. The maximum atomic E-state index is 12.5. The van der Waals surface area contributed by atoms with Crippen LogP contribution in [0.25, 0.3) is 0 Å². The van der Waals surface area contributed by atoms with Gasteiger partial charge in [0.2, 0.25) is 0 Å². The van der Waals surface area contributed by atoms with Crippen molar-refractivity contribution in [3.63, 3.8) is 0 Å². The number of carbonyl (C=O) groups excluding carboxylic acids is 1. The third-order valence-electron chi connectivity index (χ3n) is 7.78. The smallest absolute Gasteiger partial charge is 0.320 e. The molecule has 2 heterocycles. The van der Waals surface area contributed by atoms with Crippen molar-refractivity contribution in [2.24, 2.45) is 11.3 Å². The summed E-state index contributed by atoms with van der Waals surface area (Å²) in [5.41, 5.74) is 2.79. The Hall–Kier alpha value is -3.75. The Morgan fingerprint density at radius 1 is 0.944 bits per heavy atom. The molecule has 1 amide bonds. The molecule has 3 aromatic rings. The Morgan fingerprint density at radius 2 is 1.67 bits per heavy atom. The van der Waals surface area contributed by atoms with Gasteiger partial charge < -0.3 is 20.2 Å². The van der Waals surface area contributed by atoms with E-state index in [2.05, 4.69) is 25.8 Å². The van der Waals surface area contributed by atoms with Crippen LogP contribution in [0.2, 0.25) is 0 Å². The van der Waals surface area contributed by atoms with Gasteiger partial charge in [0.05, 0.1) is 11.9 Å². The van der Waals surface area contributed by atoms with Crippen molar-refractivity contribution in [2.75, 3.05) is 10.6 Å². The number of pyridine rings is 1. The van der Waals surface area contributed by atoms with E-state index in [-0.39, 0.29) is 11.9 Å². The average Bonchev–Trinajstić information content (AvgIpc) is 3.36. The first-order valence-electron chi connectivity index (χ1n) is 12.6. The number of anilines is 3. The van der Waals surface area contributed by atoms with Crippen LogP contribution in [-0.4, -0.2) is 32.2 Å². The number of carboxylic acid groups (broad SMARTS) is 1. The summed E-state index contributed by atoms with van der Waals surface area (Å²) in [7, 11) is 0. The van der Waals surface area contributed by atoms with Gasteiger partial charge in [-0.25, -0.2) is 0 Å². The number of benzene rings is 1. The molecule has 0 saturated heterocycles. The minimum Gasteiger partial charge on any atom is -0.481 e. The Labute approximate surface area is 209 Å². The number of hydrogen-bond acceptors (Lipinski definition) is 7. The van der Waals surface area contributed by atoms with Crippen LogP contribution in [0.1, 0.15) is 80.1 Å². The molecule has 2 fully saturated rings. The highest BCUT2D eigenvalue weighted by Crippen LogP contribution is 2.52. The zero-order chi connectivity index (χ0) is 25.0. The first-order chi connectivity index (χ1) is 17.5. The lowest BCUT2D eigenvalue weighted by Gasteiger charge is -2.44. The number of para-hydroxylation sites is 1. The van der Waals surface area contributed by atoms with Crippen molar-refractivity contribution in [2.45, 2.75) is 63.7 Å². The summed E-state index contributed by atoms with van der Waals surface area (Å²) in [6.07, 6.45) is 10.9. The highest BCUT2D eigenvalue weighted by Gasteiger charge is 2.39. The lowest BCUT2D eigenvalue weighted by atomic mass is 9.61. The molecular formula is C27H31N5O4. The van der Waals surface area contributed by atoms with Crippen LogP contribution in [-0.2, 0) is 4.79 Å². The van der Waals surface area contributed by atoms with Gasteiger partial charge in [0.1, 0.15) is 0 Å². The van der Waals surface area contributed by atoms with Gasteiger partial charge in [-0.15, -0.1) is 5.10 Å². The maximum absolute atomic E-state index is 12.5. The van der Waals surface area contributed by atoms with E-state index < -0.39 is 11.9 Å². The molecule has 2 aliphatic carbocycles. The summed E-state index contributed by atoms with van der Waals surface area (Å²) < 4.78 is 5.43. The molecule has 9 nitrogen and oxygen atoms in total. The average molecular weight is 490 g/mol. The number of carbonyl (C=O) groups is 2. The van der Waals surface area contributed by atoms with Crippen LogP contribution in [0.15, 0.2) is 53.1 Å². The molecule has 2 aliphatic rings. The van der Waals surface area contributed by atoms with Crippen molar-refractivity contribution < 1.29 is 19.1 Å². The van der Waals surface area contributed by atoms with E-state index in [1.807, 2.05) is 42.5 Å². The van der Waals surface area contributed by atoms with Crippen LogP contribution in [0.4, 0.5) is 17.4 Å². The summed E-state index contributed by atoms with van der Waals surface area (Å²) >= 11 is 0. The molecule has 1 spiro atoms. The fourth-order valence-corrected chi connectivity index (χ4v) is 5.68. The summed E-state index contributed by atoms with van der Waals surface area (Å²) in [5.74, 6) is -0.537. The molecule has 1 aromatic carbocycles. The predicted octanol–water partition coefficient (Wildman–Crippen LogP) is 5.77. The van der Waals surface area contributed by atoms with Crippen LogP contribution >= 0.6 is 0 Å². The molecular weight excluding hydrogens is 458 g/mol. The highest BCUT2D eigenvalue weighted by molar-refractivity contribution is 6.00. The first kappa shape index (κ1) is 24.0. The molecule has 5 rings (SSSR count). The second-order valence-corrected chi connectivity index (χ2v) is 10.1. The number of amides is 1. The molecule has 0 atom stereocenters. The molecule has 3 N–H and O–H groups in total. The number of aliphatic carboxylic acids is 1. The molecule has 0 unspecified atom stereocenters. The van der Waals surface area contributed by atoms with Crippen molar-refractivity contribution in [3.05, 3.63) is 60.2 Å².